The van der Waals surface area contributed by atoms with Gasteiger partial charge in [-0.1, -0.05) is 152 Å². The first-order valence-corrected chi connectivity index (χ1v) is 28.1. The molecule has 3 aromatic rings. The summed E-state index contributed by atoms with van der Waals surface area (Å²) in [7, 11) is -3.81. The molecule has 0 unspecified atom stereocenters. The molecule has 0 fully saturated rings. The Morgan fingerprint density at radius 1 is 0.754 bits per heavy atom. The molecular formula is C48H75O6Si3. The summed E-state index contributed by atoms with van der Waals surface area (Å²) in [5, 5.41) is 14.5. The van der Waals surface area contributed by atoms with Gasteiger partial charge in [-0.3, -0.25) is 0 Å². The van der Waals surface area contributed by atoms with Crippen LogP contribution in [0, 0.1) is 11.8 Å². The average molecular weight is 832 g/mol. The van der Waals surface area contributed by atoms with Crippen LogP contribution in [0.25, 0.3) is 0 Å². The number of rotatable bonds is 22. The van der Waals surface area contributed by atoms with E-state index in [4.69, 9.17) is 22.8 Å². The molecule has 5 atom stereocenters. The monoisotopic (exact) mass is 831 g/mol. The van der Waals surface area contributed by atoms with Gasteiger partial charge in [0.05, 0.1) is 38.6 Å². The molecule has 0 aliphatic carbocycles. The maximum atomic E-state index is 11.8. The molecular weight excluding hydrogens is 757 g/mol. The Bertz CT molecular complexity index is 1610. The fraction of sp³-hybridized carbons (Fsp3) is 0.542. The minimum absolute atomic E-state index is 0.0129. The zero-order chi connectivity index (χ0) is 42.4. The number of aliphatic hydroxyl groups is 1. The molecule has 0 bridgehead atoms. The Labute approximate surface area is 351 Å². The summed E-state index contributed by atoms with van der Waals surface area (Å²) in [4.78, 5) is 0. The Balaban J connectivity index is 1.81. The summed E-state index contributed by atoms with van der Waals surface area (Å²) in [6.45, 7) is 31.0. The van der Waals surface area contributed by atoms with E-state index in [0.717, 1.165) is 29.7 Å². The summed E-state index contributed by atoms with van der Waals surface area (Å²) >= 11 is 0. The van der Waals surface area contributed by atoms with Crippen molar-refractivity contribution >= 4 is 36.0 Å². The zero-order valence-corrected chi connectivity index (χ0v) is 40.7. The SMILES string of the molecule is COc1ccc(CO[C@@H]([C@H](C)[C@H](O)/C=C(\C)C/C=C/CO[Si](c2ccccc2)c2ccccc2)[C@H](C)[C@H](CCO[Si](C)(C)C(C)(C)C)O[Si](C)(C)C(C)(C)C)cc1. The third-order valence-electron chi connectivity index (χ3n) is 12.1. The maximum Gasteiger partial charge on any atom is 0.283 e. The molecule has 0 spiro atoms. The molecule has 6 nitrogen and oxygen atoms in total. The highest BCUT2D eigenvalue weighted by atomic mass is 28.4. The minimum Gasteiger partial charge on any atom is -0.497 e. The van der Waals surface area contributed by atoms with E-state index in [1.54, 1.807) is 7.11 Å². The van der Waals surface area contributed by atoms with Crippen molar-refractivity contribution in [2.24, 2.45) is 11.8 Å². The number of aliphatic hydroxyl groups excluding tert-OH is 1. The lowest BCUT2D eigenvalue weighted by Gasteiger charge is -2.44. The molecule has 0 aliphatic heterocycles. The predicted octanol–water partition coefficient (Wildman–Crippen LogP) is 10.7. The molecule has 0 heterocycles. The number of hydrogen-bond acceptors (Lipinski definition) is 6. The number of ether oxygens (including phenoxy) is 2. The van der Waals surface area contributed by atoms with Crippen molar-refractivity contribution < 1.29 is 27.9 Å². The first-order valence-electron chi connectivity index (χ1n) is 20.8. The second-order valence-corrected chi connectivity index (χ2v) is 30.4. The van der Waals surface area contributed by atoms with Gasteiger partial charge in [-0.2, -0.15) is 0 Å². The largest absolute Gasteiger partial charge is 0.497 e. The molecule has 0 aliphatic rings. The molecule has 57 heavy (non-hydrogen) atoms. The highest BCUT2D eigenvalue weighted by Gasteiger charge is 2.43. The van der Waals surface area contributed by atoms with E-state index in [9.17, 15) is 5.11 Å². The van der Waals surface area contributed by atoms with Gasteiger partial charge in [0.1, 0.15) is 5.75 Å². The molecule has 0 amide bonds. The first-order chi connectivity index (χ1) is 26.7. The lowest BCUT2D eigenvalue weighted by atomic mass is 9.84. The Morgan fingerprint density at radius 2 is 1.30 bits per heavy atom. The average Bonchev–Trinajstić information content (AvgIpc) is 3.15. The van der Waals surface area contributed by atoms with Gasteiger partial charge in [0.2, 0.25) is 0 Å². The van der Waals surface area contributed by atoms with E-state index in [2.05, 4.69) is 149 Å². The molecule has 9 heteroatoms. The van der Waals surface area contributed by atoms with E-state index in [0.29, 0.717) is 19.8 Å². The maximum absolute atomic E-state index is 11.8. The number of benzene rings is 3. The quantitative estimate of drug-likeness (QED) is 0.0804. The Kier molecular flexibility index (Phi) is 18.9. The van der Waals surface area contributed by atoms with Crippen molar-refractivity contribution in [3.05, 3.63) is 114 Å². The standard InChI is InChI=1S/C48H75O6Si3/c1-37(23-21-22-33-52-55(42-24-17-15-18-25-42)43-26-19-16-20-27-43)35-44(49)38(2)46(51-36-40-28-30-41(50-10)31-29-40)39(3)45(54-57(13,14)48(7,8)9)32-34-53-56(11,12)47(4,5)6/h15-22,24-31,35,38-39,44-46,49H,23,32-34,36H2,1-14H3/b22-21+,37-35+/t38-,39-,44-,45+,46+/m1/s1. The zero-order valence-electron chi connectivity index (χ0n) is 37.7. The molecule has 315 valence electrons. The summed E-state index contributed by atoms with van der Waals surface area (Å²) < 4.78 is 32.7. The van der Waals surface area contributed by atoms with Gasteiger partial charge in [-0.25, -0.2) is 0 Å². The summed E-state index contributed by atoms with van der Waals surface area (Å²) in [5.41, 5.74) is 2.15. The Hall–Kier alpha value is -2.61. The van der Waals surface area contributed by atoms with Crippen LogP contribution in [0.5, 0.6) is 5.75 Å². The highest BCUT2D eigenvalue weighted by Crippen LogP contribution is 2.41. The minimum atomic E-state index is -2.17. The summed E-state index contributed by atoms with van der Waals surface area (Å²) in [6.07, 6.45) is 6.64. The van der Waals surface area contributed by atoms with Crippen molar-refractivity contribution in [1.82, 2.24) is 0 Å². The number of allylic oxidation sites excluding steroid dienone is 2. The lowest BCUT2D eigenvalue weighted by molar-refractivity contribution is -0.0843. The summed E-state index contributed by atoms with van der Waals surface area (Å²) in [6, 6.07) is 29.0. The fourth-order valence-electron chi connectivity index (χ4n) is 6.23. The van der Waals surface area contributed by atoms with Gasteiger partial charge in [0.15, 0.2) is 16.6 Å². The van der Waals surface area contributed by atoms with E-state index in [1.165, 1.54) is 10.4 Å². The number of hydrogen-bond donors (Lipinski definition) is 1. The first kappa shape index (κ1) is 48.8. The van der Waals surface area contributed by atoms with Crippen LogP contribution in [0.4, 0.5) is 0 Å². The van der Waals surface area contributed by atoms with Crippen LogP contribution < -0.4 is 15.1 Å². The van der Waals surface area contributed by atoms with Crippen LogP contribution in [0.1, 0.15) is 80.7 Å². The van der Waals surface area contributed by atoms with Crippen molar-refractivity contribution in [2.45, 2.75) is 136 Å². The van der Waals surface area contributed by atoms with Crippen LogP contribution in [-0.4, -0.2) is 69.4 Å². The van der Waals surface area contributed by atoms with Crippen molar-refractivity contribution in [2.75, 3.05) is 20.3 Å². The molecule has 0 aromatic heterocycles. The van der Waals surface area contributed by atoms with Crippen LogP contribution in [0.2, 0.25) is 36.3 Å². The lowest BCUT2D eigenvalue weighted by Crippen LogP contribution is -2.50. The second-order valence-electron chi connectivity index (χ2n) is 18.7. The van der Waals surface area contributed by atoms with Crippen molar-refractivity contribution in [3.63, 3.8) is 0 Å². The topological polar surface area (TPSA) is 66.4 Å². The van der Waals surface area contributed by atoms with Crippen LogP contribution in [0.15, 0.2) is 109 Å². The third-order valence-corrected chi connectivity index (χ3v) is 23.4. The second kappa shape index (κ2) is 22.1. The van der Waals surface area contributed by atoms with Crippen LogP contribution in [-0.2, 0) is 24.6 Å². The van der Waals surface area contributed by atoms with Gasteiger partial charge in [-0.15, -0.1) is 0 Å². The van der Waals surface area contributed by atoms with Gasteiger partial charge < -0.3 is 27.9 Å². The van der Waals surface area contributed by atoms with Gasteiger partial charge in [0.25, 0.3) is 9.04 Å². The molecule has 0 saturated carbocycles. The van der Waals surface area contributed by atoms with E-state index in [-0.39, 0.29) is 34.1 Å². The van der Waals surface area contributed by atoms with Crippen molar-refractivity contribution in [3.8, 4) is 5.75 Å². The third kappa shape index (κ3) is 15.2. The van der Waals surface area contributed by atoms with Crippen LogP contribution >= 0.6 is 0 Å². The van der Waals surface area contributed by atoms with E-state index >= 15 is 0 Å². The highest BCUT2D eigenvalue weighted by molar-refractivity contribution is 6.80. The predicted molar refractivity (Wildman–Crippen MR) is 247 cm³/mol. The molecule has 1 radical (unpaired) electrons. The molecule has 3 aromatic carbocycles. The smallest absolute Gasteiger partial charge is 0.283 e. The fourth-order valence-corrected chi connectivity index (χ4v) is 10.7. The van der Waals surface area contributed by atoms with E-state index < -0.39 is 31.8 Å². The number of methoxy groups -OCH3 is 1. The summed E-state index contributed by atoms with van der Waals surface area (Å²) in [5.74, 6) is 0.599. The van der Waals surface area contributed by atoms with Crippen LogP contribution in [0.3, 0.4) is 0 Å². The van der Waals surface area contributed by atoms with Gasteiger partial charge in [0, 0.05) is 18.4 Å². The van der Waals surface area contributed by atoms with Gasteiger partial charge in [-0.05, 0) is 84.1 Å². The van der Waals surface area contributed by atoms with Gasteiger partial charge >= 0.3 is 0 Å². The van der Waals surface area contributed by atoms with E-state index in [1.807, 2.05) is 42.5 Å². The molecule has 0 saturated heterocycles. The normalized spacial score (nSPS) is 16.1. The molecule has 1 N–H and O–H groups in total. The molecule has 3 rings (SSSR count). The van der Waals surface area contributed by atoms with Crippen molar-refractivity contribution in [1.29, 1.82) is 0 Å². The Morgan fingerprint density at radius 3 is 1.81 bits per heavy atom.